The molecule has 0 N–H and O–H groups in total. The monoisotopic (exact) mass is 268 g/mol. The topological polar surface area (TPSA) is 52.6 Å². The van der Waals surface area contributed by atoms with Crippen molar-refractivity contribution in [2.24, 2.45) is 5.41 Å². The average molecular weight is 268 g/mol. The van der Waals surface area contributed by atoms with Crippen molar-refractivity contribution < 1.29 is 19.1 Å². The molecule has 4 nitrogen and oxygen atoms in total. The van der Waals surface area contributed by atoms with Crippen molar-refractivity contribution in [3.8, 4) is 0 Å². The number of carbonyl (C=O) groups excluding carboxylic acids is 2. The summed E-state index contributed by atoms with van der Waals surface area (Å²) in [6, 6.07) is 0. The van der Waals surface area contributed by atoms with E-state index in [1.807, 2.05) is 27.7 Å². The first-order valence-corrected chi connectivity index (χ1v) is 7.08. The summed E-state index contributed by atoms with van der Waals surface area (Å²) in [5.41, 5.74) is -1.66. The second kappa shape index (κ2) is 4.58. The zero-order chi connectivity index (χ0) is 14.3. The SMILES string of the molecule is CC(C)(C)O[C@H]1CCC[C@@]2(C=O)OC(=O)CC[C@]12C. The van der Waals surface area contributed by atoms with Crippen LogP contribution in [0, 0.1) is 5.41 Å². The largest absolute Gasteiger partial charge is 0.451 e. The zero-order valence-corrected chi connectivity index (χ0v) is 12.3. The molecule has 4 heteroatoms. The number of esters is 1. The van der Waals surface area contributed by atoms with Crippen molar-refractivity contribution in [1.29, 1.82) is 0 Å². The van der Waals surface area contributed by atoms with Crippen molar-refractivity contribution in [2.45, 2.75) is 77.1 Å². The van der Waals surface area contributed by atoms with E-state index >= 15 is 0 Å². The van der Waals surface area contributed by atoms with E-state index < -0.39 is 11.0 Å². The highest BCUT2D eigenvalue weighted by Crippen LogP contribution is 2.53. The van der Waals surface area contributed by atoms with Crippen LogP contribution in [0.3, 0.4) is 0 Å². The van der Waals surface area contributed by atoms with Gasteiger partial charge in [0.15, 0.2) is 11.9 Å². The molecule has 2 rings (SSSR count). The standard InChI is InChI=1S/C15H24O4/c1-13(2,3)18-11-6-5-8-15(10-16)14(11,4)9-7-12(17)19-15/h10-11H,5-9H2,1-4H3/t11-,14+,15-/m0/s1. The van der Waals surface area contributed by atoms with E-state index in [0.717, 1.165) is 19.1 Å². The molecule has 0 aromatic heterocycles. The number of hydrogen-bond donors (Lipinski definition) is 0. The number of rotatable bonds is 2. The Labute approximate surface area is 114 Å². The van der Waals surface area contributed by atoms with Gasteiger partial charge in [-0.3, -0.25) is 9.59 Å². The molecule has 19 heavy (non-hydrogen) atoms. The smallest absolute Gasteiger partial charge is 0.306 e. The van der Waals surface area contributed by atoms with Crippen LogP contribution < -0.4 is 0 Å². The van der Waals surface area contributed by atoms with Gasteiger partial charge < -0.3 is 9.47 Å². The molecular formula is C15H24O4. The van der Waals surface area contributed by atoms with Crippen LogP contribution in [0.15, 0.2) is 0 Å². The Bertz CT molecular complexity index is 384. The van der Waals surface area contributed by atoms with Gasteiger partial charge in [-0.1, -0.05) is 6.92 Å². The molecule has 3 atom stereocenters. The summed E-state index contributed by atoms with van der Waals surface area (Å²) < 4.78 is 11.7. The molecule has 2 aliphatic rings. The van der Waals surface area contributed by atoms with Gasteiger partial charge in [0.25, 0.3) is 0 Å². The van der Waals surface area contributed by atoms with Crippen molar-refractivity contribution >= 4 is 12.3 Å². The lowest BCUT2D eigenvalue weighted by Crippen LogP contribution is -2.63. The van der Waals surface area contributed by atoms with Gasteiger partial charge in [0, 0.05) is 11.8 Å². The van der Waals surface area contributed by atoms with Crippen LogP contribution in [-0.2, 0) is 19.1 Å². The summed E-state index contributed by atoms with van der Waals surface area (Å²) in [6.07, 6.45) is 4.20. The van der Waals surface area contributed by atoms with Crippen molar-refractivity contribution in [3.63, 3.8) is 0 Å². The Hall–Kier alpha value is -0.900. The minimum absolute atomic E-state index is 0.0421. The van der Waals surface area contributed by atoms with Gasteiger partial charge >= 0.3 is 5.97 Å². The Balaban J connectivity index is 2.33. The van der Waals surface area contributed by atoms with Crippen LogP contribution in [0.2, 0.25) is 0 Å². The van der Waals surface area contributed by atoms with Gasteiger partial charge in [0.05, 0.1) is 11.7 Å². The molecule has 1 saturated heterocycles. The van der Waals surface area contributed by atoms with Crippen molar-refractivity contribution in [2.75, 3.05) is 0 Å². The molecule has 1 saturated carbocycles. The molecule has 0 amide bonds. The molecule has 0 aromatic rings. The highest BCUT2D eigenvalue weighted by molar-refractivity contribution is 5.78. The van der Waals surface area contributed by atoms with Gasteiger partial charge in [0.2, 0.25) is 0 Å². The third-order valence-corrected chi connectivity index (χ3v) is 4.52. The van der Waals surface area contributed by atoms with E-state index in [0.29, 0.717) is 19.3 Å². The molecule has 1 heterocycles. The summed E-state index contributed by atoms with van der Waals surface area (Å²) in [7, 11) is 0. The first-order valence-electron chi connectivity index (χ1n) is 7.08. The number of carbonyl (C=O) groups is 2. The second-order valence-electron chi connectivity index (χ2n) is 7.01. The lowest BCUT2D eigenvalue weighted by Gasteiger charge is -2.55. The van der Waals surface area contributed by atoms with Gasteiger partial charge in [0.1, 0.15) is 0 Å². The first kappa shape index (κ1) is 14.5. The minimum atomic E-state index is -0.990. The fraction of sp³-hybridized carbons (Fsp3) is 0.867. The van der Waals surface area contributed by atoms with Gasteiger partial charge in [-0.05, 0) is 46.5 Å². The average Bonchev–Trinajstić information content (AvgIpc) is 2.30. The summed E-state index contributed by atoms with van der Waals surface area (Å²) in [5, 5.41) is 0. The highest BCUT2D eigenvalue weighted by Gasteiger charge is 2.60. The molecule has 1 aliphatic heterocycles. The molecule has 0 radical (unpaired) electrons. The Kier molecular flexibility index (Phi) is 3.50. The van der Waals surface area contributed by atoms with E-state index in [2.05, 4.69) is 0 Å². The van der Waals surface area contributed by atoms with E-state index in [4.69, 9.17) is 9.47 Å². The Morgan fingerprint density at radius 1 is 1.37 bits per heavy atom. The van der Waals surface area contributed by atoms with E-state index in [1.165, 1.54) is 0 Å². The van der Waals surface area contributed by atoms with Crippen molar-refractivity contribution in [3.05, 3.63) is 0 Å². The lowest BCUT2D eigenvalue weighted by atomic mass is 9.59. The summed E-state index contributed by atoms with van der Waals surface area (Å²) in [4.78, 5) is 23.2. The molecule has 1 aliphatic carbocycles. The second-order valence-corrected chi connectivity index (χ2v) is 7.01. The maximum absolute atomic E-state index is 11.6. The molecular weight excluding hydrogens is 244 g/mol. The fourth-order valence-corrected chi connectivity index (χ4v) is 3.42. The van der Waals surface area contributed by atoms with Gasteiger partial charge in [-0.15, -0.1) is 0 Å². The van der Waals surface area contributed by atoms with Gasteiger partial charge in [-0.2, -0.15) is 0 Å². The Morgan fingerprint density at radius 3 is 2.63 bits per heavy atom. The summed E-state index contributed by atoms with van der Waals surface area (Å²) >= 11 is 0. The molecule has 108 valence electrons. The molecule has 0 unspecified atom stereocenters. The van der Waals surface area contributed by atoms with Crippen LogP contribution in [-0.4, -0.2) is 29.6 Å². The van der Waals surface area contributed by atoms with Crippen LogP contribution >= 0.6 is 0 Å². The van der Waals surface area contributed by atoms with Crippen LogP contribution in [0.25, 0.3) is 0 Å². The van der Waals surface area contributed by atoms with Crippen molar-refractivity contribution in [1.82, 2.24) is 0 Å². The molecule has 0 aromatic carbocycles. The van der Waals surface area contributed by atoms with Gasteiger partial charge in [-0.25, -0.2) is 0 Å². The maximum atomic E-state index is 11.6. The van der Waals surface area contributed by atoms with Crippen LogP contribution in [0.5, 0.6) is 0 Å². The molecule has 0 spiro atoms. The van der Waals surface area contributed by atoms with Crippen LogP contribution in [0.4, 0.5) is 0 Å². The molecule has 2 fully saturated rings. The Morgan fingerprint density at radius 2 is 2.05 bits per heavy atom. The molecule has 0 bridgehead atoms. The third kappa shape index (κ3) is 2.42. The fourth-order valence-electron chi connectivity index (χ4n) is 3.42. The predicted octanol–water partition coefficient (Wildman–Crippen LogP) is 2.64. The number of aldehydes is 1. The van der Waals surface area contributed by atoms with E-state index in [9.17, 15) is 9.59 Å². The van der Waals surface area contributed by atoms with E-state index in [1.54, 1.807) is 0 Å². The first-order chi connectivity index (χ1) is 8.72. The number of fused-ring (bicyclic) bond motifs is 1. The summed E-state index contributed by atoms with van der Waals surface area (Å²) in [5.74, 6) is -0.263. The maximum Gasteiger partial charge on any atom is 0.306 e. The lowest BCUT2D eigenvalue weighted by molar-refractivity contribution is -0.233. The quantitative estimate of drug-likeness (QED) is 0.570. The third-order valence-electron chi connectivity index (χ3n) is 4.52. The predicted molar refractivity (Wildman–Crippen MR) is 70.7 cm³/mol. The highest BCUT2D eigenvalue weighted by atomic mass is 16.6. The van der Waals surface area contributed by atoms with E-state index in [-0.39, 0.29) is 17.7 Å². The minimum Gasteiger partial charge on any atom is -0.451 e. The normalized spacial score (nSPS) is 39.4. The number of ether oxygens (including phenoxy) is 2. The summed E-state index contributed by atoms with van der Waals surface area (Å²) in [6.45, 7) is 8.08. The zero-order valence-electron chi connectivity index (χ0n) is 12.3. The number of hydrogen-bond acceptors (Lipinski definition) is 4. The van der Waals surface area contributed by atoms with Crippen LogP contribution in [0.1, 0.15) is 59.8 Å².